The second kappa shape index (κ2) is 6.78. The Hall–Kier alpha value is -1.76. The molecule has 0 amide bonds. The number of carbonyl (C=O) groups is 1. The molecule has 118 valence electrons. The monoisotopic (exact) mass is 367 g/mol. The van der Waals surface area contributed by atoms with E-state index in [4.69, 9.17) is 27.9 Å². The van der Waals surface area contributed by atoms with E-state index in [1.165, 1.54) is 11.8 Å². The van der Waals surface area contributed by atoms with Gasteiger partial charge in [0.2, 0.25) is 0 Å². The first-order valence-electron chi connectivity index (χ1n) is 6.58. The summed E-state index contributed by atoms with van der Waals surface area (Å²) in [6.07, 6.45) is 1.67. The van der Waals surface area contributed by atoms with Gasteiger partial charge in [-0.15, -0.1) is 10.2 Å². The van der Waals surface area contributed by atoms with E-state index in [0.717, 1.165) is 0 Å². The average Bonchev–Trinajstić information content (AvgIpc) is 2.96. The molecule has 0 bridgehead atoms. The first-order valence-corrected chi connectivity index (χ1v) is 8.32. The molecule has 0 aliphatic carbocycles. The van der Waals surface area contributed by atoms with Crippen molar-refractivity contribution in [2.24, 2.45) is 0 Å². The van der Waals surface area contributed by atoms with Crippen molar-refractivity contribution >= 4 is 46.4 Å². The third kappa shape index (κ3) is 3.44. The molecule has 3 rings (SSSR count). The van der Waals surface area contributed by atoms with Gasteiger partial charge in [-0.05, 0) is 30.3 Å². The van der Waals surface area contributed by atoms with E-state index in [9.17, 15) is 4.79 Å². The summed E-state index contributed by atoms with van der Waals surface area (Å²) in [5, 5.41) is 9.51. The largest absolute Gasteiger partial charge is 0.497 e. The Kier molecular flexibility index (Phi) is 4.75. The summed E-state index contributed by atoms with van der Waals surface area (Å²) in [6, 6.07) is 8.58. The van der Waals surface area contributed by atoms with E-state index in [1.54, 1.807) is 48.0 Å². The minimum Gasteiger partial charge on any atom is -0.497 e. The number of hydrogen-bond acceptors (Lipinski definition) is 5. The fourth-order valence-corrected chi connectivity index (χ4v) is 3.30. The number of ether oxygens (including phenoxy) is 1. The number of Topliss-reactive ketones (excluding diaryl/α,β-unsaturated/α-hetero) is 1. The second-order valence-electron chi connectivity index (χ2n) is 4.62. The highest BCUT2D eigenvalue weighted by molar-refractivity contribution is 7.99. The average molecular weight is 368 g/mol. The summed E-state index contributed by atoms with van der Waals surface area (Å²) >= 11 is 13.3. The summed E-state index contributed by atoms with van der Waals surface area (Å²) in [5.74, 6) is 0.932. The van der Waals surface area contributed by atoms with Crippen LogP contribution in [0.1, 0.15) is 10.4 Å². The standard InChI is InChI=1S/C15H11Cl2N3O2S/c1-22-11-4-2-9(3-5-11)13(21)8-23-15-19-18-14-12(17)6-10(16)7-20(14)15/h2-7H,8H2,1H3. The van der Waals surface area contributed by atoms with Crippen LogP contribution in [-0.4, -0.2) is 33.2 Å². The van der Waals surface area contributed by atoms with E-state index in [1.807, 2.05) is 0 Å². The number of pyridine rings is 1. The molecule has 0 radical (unpaired) electrons. The predicted octanol–water partition coefficient (Wildman–Crippen LogP) is 4.02. The Labute approximate surface area is 146 Å². The molecule has 1 aromatic carbocycles. The fourth-order valence-electron chi connectivity index (χ4n) is 1.99. The minimum atomic E-state index is -0.0115. The topological polar surface area (TPSA) is 56.5 Å². The van der Waals surface area contributed by atoms with Gasteiger partial charge in [0.1, 0.15) is 5.75 Å². The molecule has 0 N–H and O–H groups in total. The molecule has 0 atom stereocenters. The van der Waals surface area contributed by atoms with Crippen molar-refractivity contribution in [1.29, 1.82) is 0 Å². The maximum Gasteiger partial charge on any atom is 0.196 e. The van der Waals surface area contributed by atoms with Crippen LogP contribution in [0.4, 0.5) is 0 Å². The molecular weight excluding hydrogens is 357 g/mol. The number of benzene rings is 1. The van der Waals surface area contributed by atoms with Crippen LogP contribution in [0.5, 0.6) is 5.75 Å². The maximum absolute atomic E-state index is 12.2. The molecule has 5 nitrogen and oxygen atoms in total. The highest BCUT2D eigenvalue weighted by Crippen LogP contribution is 2.25. The number of carbonyl (C=O) groups excluding carboxylic acids is 1. The Morgan fingerprint density at radius 3 is 2.70 bits per heavy atom. The zero-order chi connectivity index (χ0) is 16.4. The van der Waals surface area contributed by atoms with Gasteiger partial charge in [-0.25, -0.2) is 0 Å². The zero-order valence-corrected chi connectivity index (χ0v) is 14.3. The molecule has 0 aliphatic heterocycles. The van der Waals surface area contributed by atoms with Crippen LogP contribution in [0.25, 0.3) is 5.65 Å². The van der Waals surface area contributed by atoms with Crippen LogP contribution in [0.2, 0.25) is 10.0 Å². The van der Waals surface area contributed by atoms with Gasteiger partial charge in [0.25, 0.3) is 0 Å². The summed E-state index contributed by atoms with van der Waals surface area (Å²) in [4.78, 5) is 12.2. The molecule has 0 saturated heterocycles. The fraction of sp³-hybridized carbons (Fsp3) is 0.133. The molecule has 0 unspecified atom stereocenters. The van der Waals surface area contributed by atoms with Gasteiger partial charge in [0.15, 0.2) is 16.6 Å². The number of rotatable bonds is 5. The van der Waals surface area contributed by atoms with Crippen molar-refractivity contribution in [3.8, 4) is 5.75 Å². The van der Waals surface area contributed by atoms with Gasteiger partial charge in [-0.3, -0.25) is 9.20 Å². The molecule has 0 fully saturated rings. The van der Waals surface area contributed by atoms with Crippen LogP contribution in [-0.2, 0) is 0 Å². The number of ketones is 1. The van der Waals surface area contributed by atoms with Crippen molar-refractivity contribution in [3.63, 3.8) is 0 Å². The lowest BCUT2D eigenvalue weighted by Gasteiger charge is -2.03. The first-order chi connectivity index (χ1) is 11.1. The molecule has 8 heteroatoms. The maximum atomic E-state index is 12.2. The third-order valence-electron chi connectivity index (χ3n) is 3.14. The van der Waals surface area contributed by atoms with Gasteiger partial charge in [-0.2, -0.15) is 0 Å². The Morgan fingerprint density at radius 1 is 1.26 bits per heavy atom. The molecular formula is C15H11Cl2N3O2S. The van der Waals surface area contributed by atoms with Crippen molar-refractivity contribution < 1.29 is 9.53 Å². The number of fused-ring (bicyclic) bond motifs is 1. The molecule has 2 aromatic heterocycles. The van der Waals surface area contributed by atoms with Crippen molar-refractivity contribution in [2.45, 2.75) is 5.16 Å². The molecule has 2 heterocycles. The van der Waals surface area contributed by atoms with E-state index < -0.39 is 0 Å². The second-order valence-corrected chi connectivity index (χ2v) is 6.41. The molecule has 0 aliphatic rings. The zero-order valence-electron chi connectivity index (χ0n) is 12.0. The molecule has 23 heavy (non-hydrogen) atoms. The van der Waals surface area contributed by atoms with Crippen molar-refractivity contribution in [3.05, 3.63) is 52.1 Å². The van der Waals surface area contributed by atoms with Gasteiger partial charge >= 0.3 is 0 Å². The Balaban J connectivity index is 1.76. The predicted molar refractivity (Wildman–Crippen MR) is 91.1 cm³/mol. The lowest BCUT2D eigenvalue weighted by atomic mass is 10.1. The summed E-state index contributed by atoms with van der Waals surface area (Å²) in [6.45, 7) is 0. The van der Waals surface area contributed by atoms with E-state index in [-0.39, 0.29) is 11.5 Å². The number of nitrogens with zero attached hydrogens (tertiary/aromatic N) is 3. The van der Waals surface area contributed by atoms with Crippen LogP contribution in [0.15, 0.2) is 41.7 Å². The molecule has 0 saturated carbocycles. The number of methoxy groups -OCH3 is 1. The number of halogens is 2. The number of aromatic nitrogens is 3. The summed E-state index contributed by atoms with van der Waals surface area (Å²) in [5.41, 5.74) is 1.12. The van der Waals surface area contributed by atoms with Crippen LogP contribution >= 0.6 is 35.0 Å². The SMILES string of the molecule is COc1ccc(C(=O)CSc2nnc3c(Cl)cc(Cl)cn23)cc1. The smallest absolute Gasteiger partial charge is 0.196 e. The lowest BCUT2D eigenvalue weighted by molar-refractivity contribution is 0.102. The molecule has 3 aromatic rings. The minimum absolute atomic E-state index is 0.0115. The van der Waals surface area contributed by atoms with Crippen molar-refractivity contribution in [1.82, 2.24) is 14.6 Å². The van der Waals surface area contributed by atoms with Crippen LogP contribution < -0.4 is 4.74 Å². The lowest BCUT2D eigenvalue weighted by Crippen LogP contribution is -2.03. The number of hydrogen-bond donors (Lipinski definition) is 0. The quantitative estimate of drug-likeness (QED) is 0.503. The van der Waals surface area contributed by atoms with Gasteiger partial charge in [0, 0.05) is 11.8 Å². The van der Waals surface area contributed by atoms with E-state index >= 15 is 0 Å². The number of thioether (sulfide) groups is 1. The van der Waals surface area contributed by atoms with Gasteiger partial charge in [0.05, 0.1) is 22.9 Å². The third-order valence-corrected chi connectivity index (χ3v) is 4.57. The highest BCUT2D eigenvalue weighted by Gasteiger charge is 2.13. The van der Waals surface area contributed by atoms with Gasteiger partial charge in [-0.1, -0.05) is 35.0 Å². The van der Waals surface area contributed by atoms with E-state index in [0.29, 0.717) is 32.2 Å². The Morgan fingerprint density at radius 2 is 2.00 bits per heavy atom. The Bertz CT molecular complexity index is 865. The van der Waals surface area contributed by atoms with Crippen LogP contribution in [0.3, 0.4) is 0 Å². The van der Waals surface area contributed by atoms with Crippen LogP contribution in [0, 0.1) is 0 Å². The summed E-state index contributed by atoms with van der Waals surface area (Å²) in [7, 11) is 1.58. The van der Waals surface area contributed by atoms with E-state index in [2.05, 4.69) is 10.2 Å². The summed E-state index contributed by atoms with van der Waals surface area (Å²) < 4.78 is 6.75. The normalized spacial score (nSPS) is 10.9. The first kappa shape index (κ1) is 16.1. The van der Waals surface area contributed by atoms with Gasteiger partial charge < -0.3 is 4.74 Å². The van der Waals surface area contributed by atoms with Crippen molar-refractivity contribution in [2.75, 3.05) is 12.9 Å². The highest BCUT2D eigenvalue weighted by atomic mass is 35.5. The molecule has 0 spiro atoms.